The molecule has 2 aliphatic rings. The molecule has 116 valence electrons. The zero-order chi connectivity index (χ0) is 15.0. The summed E-state index contributed by atoms with van der Waals surface area (Å²) in [6.07, 6.45) is 5.82. The van der Waals surface area contributed by atoms with Crippen LogP contribution < -0.4 is 5.32 Å². The van der Waals surface area contributed by atoms with Crippen molar-refractivity contribution in [3.63, 3.8) is 0 Å². The van der Waals surface area contributed by atoms with E-state index < -0.39 is 0 Å². The summed E-state index contributed by atoms with van der Waals surface area (Å²) in [5.41, 5.74) is 1.16. The van der Waals surface area contributed by atoms with Crippen LogP contribution in [-0.4, -0.2) is 35.5 Å². The van der Waals surface area contributed by atoms with E-state index in [2.05, 4.69) is 33.1 Å². The van der Waals surface area contributed by atoms with Gasteiger partial charge in [0.05, 0.1) is 8.66 Å². The maximum atomic E-state index is 12.9. The molecule has 3 rings (SSSR count). The molecule has 1 amide bonds. The normalized spacial score (nSPS) is 27.9. The maximum absolute atomic E-state index is 12.9. The van der Waals surface area contributed by atoms with Crippen molar-refractivity contribution in [3.05, 3.63) is 20.3 Å². The van der Waals surface area contributed by atoms with Crippen LogP contribution >= 0.6 is 27.3 Å². The summed E-state index contributed by atoms with van der Waals surface area (Å²) in [4.78, 5) is 15.9. The largest absolute Gasteiger partial charge is 0.335 e. The van der Waals surface area contributed by atoms with Crippen LogP contribution in [0.2, 0.25) is 0 Å². The average molecular weight is 371 g/mol. The van der Waals surface area contributed by atoms with Gasteiger partial charge in [-0.3, -0.25) is 4.79 Å². The summed E-state index contributed by atoms with van der Waals surface area (Å²) in [6, 6.07) is 3.68. The minimum absolute atomic E-state index is 0.224. The molecule has 3 heterocycles. The summed E-state index contributed by atoms with van der Waals surface area (Å²) in [6.45, 7) is 5.08. The van der Waals surface area contributed by atoms with Crippen LogP contribution in [0.25, 0.3) is 0 Å². The first-order valence-electron chi connectivity index (χ1n) is 7.91. The highest BCUT2D eigenvalue weighted by Gasteiger charge is 2.37. The summed E-state index contributed by atoms with van der Waals surface area (Å²) in [5, 5.41) is 3.67. The highest BCUT2D eigenvalue weighted by Crippen LogP contribution is 2.33. The Hall–Kier alpha value is -0.390. The second-order valence-corrected chi connectivity index (χ2v) is 8.70. The number of nitrogens with zero attached hydrogens (tertiary/aromatic N) is 1. The zero-order valence-corrected chi connectivity index (χ0v) is 15.1. The van der Waals surface area contributed by atoms with E-state index in [4.69, 9.17) is 0 Å². The third kappa shape index (κ3) is 3.20. The van der Waals surface area contributed by atoms with Crippen LogP contribution in [0.3, 0.4) is 0 Å². The number of hydrogen-bond donors (Lipinski definition) is 1. The van der Waals surface area contributed by atoms with E-state index in [1.54, 1.807) is 11.3 Å². The molecule has 2 bridgehead atoms. The van der Waals surface area contributed by atoms with Crippen molar-refractivity contribution in [2.24, 2.45) is 0 Å². The second kappa shape index (κ2) is 6.39. The third-order valence-electron chi connectivity index (χ3n) is 4.68. The van der Waals surface area contributed by atoms with Crippen molar-refractivity contribution in [3.8, 4) is 0 Å². The van der Waals surface area contributed by atoms with Crippen LogP contribution in [0.5, 0.6) is 0 Å². The van der Waals surface area contributed by atoms with Crippen LogP contribution in [0.15, 0.2) is 9.85 Å². The standard InChI is InChI=1S/C16H23BrN2OS/c1-3-6-19(13-8-11-4-5-12(9-13)18-11)16(20)14-7-10(2)15(17)21-14/h7,11-13,18H,3-6,8-9H2,1-2H3. The first-order valence-corrected chi connectivity index (χ1v) is 9.52. The smallest absolute Gasteiger partial charge is 0.264 e. The van der Waals surface area contributed by atoms with Gasteiger partial charge in [0.1, 0.15) is 0 Å². The molecular weight excluding hydrogens is 348 g/mol. The lowest BCUT2D eigenvalue weighted by Gasteiger charge is -2.37. The van der Waals surface area contributed by atoms with Gasteiger partial charge in [-0.15, -0.1) is 11.3 Å². The molecule has 0 aromatic carbocycles. The number of hydrogen-bond acceptors (Lipinski definition) is 3. The number of piperidine rings is 1. The van der Waals surface area contributed by atoms with Gasteiger partial charge in [-0.2, -0.15) is 0 Å². The van der Waals surface area contributed by atoms with Gasteiger partial charge in [-0.25, -0.2) is 0 Å². The van der Waals surface area contributed by atoms with Crippen molar-refractivity contribution < 1.29 is 4.79 Å². The molecule has 5 heteroatoms. The summed E-state index contributed by atoms with van der Waals surface area (Å²) < 4.78 is 1.08. The fourth-order valence-corrected chi connectivity index (χ4v) is 5.17. The predicted octanol–water partition coefficient (Wildman–Crippen LogP) is 3.95. The summed E-state index contributed by atoms with van der Waals surface area (Å²) in [5.74, 6) is 0.224. The van der Waals surface area contributed by atoms with E-state index in [0.29, 0.717) is 18.1 Å². The first kappa shape index (κ1) is 15.5. The van der Waals surface area contributed by atoms with Gasteiger partial charge in [0.25, 0.3) is 5.91 Å². The van der Waals surface area contributed by atoms with Crippen LogP contribution in [-0.2, 0) is 0 Å². The number of fused-ring (bicyclic) bond motifs is 2. The van der Waals surface area contributed by atoms with Crippen LogP contribution in [0, 0.1) is 6.92 Å². The molecule has 0 spiro atoms. The fraction of sp³-hybridized carbons (Fsp3) is 0.688. The molecule has 21 heavy (non-hydrogen) atoms. The minimum atomic E-state index is 0.224. The quantitative estimate of drug-likeness (QED) is 0.869. The Bertz CT molecular complexity index is 499. The molecule has 1 N–H and O–H groups in total. The maximum Gasteiger partial charge on any atom is 0.264 e. The Morgan fingerprint density at radius 1 is 1.43 bits per heavy atom. The highest BCUT2D eigenvalue weighted by atomic mass is 79.9. The van der Waals surface area contributed by atoms with E-state index in [1.165, 1.54) is 12.8 Å². The van der Waals surface area contributed by atoms with Crippen molar-refractivity contribution >= 4 is 33.2 Å². The van der Waals surface area contributed by atoms with E-state index >= 15 is 0 Å². The van der Waals surface area contributed by atoms with Crippen molar-refractivity contribution in [1.29, 1.82) is 0 Å². The van der Waals surface area contributed by atoms with E-state index in [1.807, 2.05) is 13.0 Å². The molecule has 2 saturated heterocycles. The molecule has 0 saturated carbocycles. The Balaban J connectivity index is 1.78. The SMILES string of the molecule is CCCN(C(=O)c1cc(C)c(Br)s1)C1CC2CCC(C1)N2. The number of carbonyl (C=O) groups excluding carboxylic acids is 1. The Kier molecular flexibility index (Phi) is 4.71. The Morgan fingerprint density at radius 3 is 2.62 bits per heavy atom. The van der Waals surface area contributed by atoms with Gasteiger partial charge >= 0.3 is 0 Å². The van der Waals surface area contributed by atoms with Gasteiger partial charge in [0, 0.05) is 24.7 Å². The van der Waals surface area contributed by atoms with Gasteiger partial charge in [0.2, 0.25) is 0 Å². The molecule has 2 fully saturated rings. The molecule has 0 aliphatic carbocycles. The lowest BCUT2D eigenvalue weighted by molar-refractivity contribution is 0.0621. The number of rotatable bonds is 4. The van der Waals surface area contributed by atoms with Crippen LogP contribution in [0.4, 0.5) is 0 Å². The fourth-order valence-electron chi connectivity index (χ4n) is 3.68. The Morgan fingerprint density at radius 2 is 2.10 bits per heavy atom. The van der Waals surface area contributed by atoms with Crippen molar-refractivity contribution in [2.75, 3.05) is 6.54 Å². The molecule has 2 unspecified atom stereocenters. The third-order valence-corrected chi connectivity index (χ3v) is 6.81. The van der Waals surface area contributed by atoms with Crippen LogP contribution in [0.1, 0.15) is 54.3 Å². The topological polar surface area (TPSA) is 32.3 Å². The molecule has 2 aliphatic heterocycles. The molecular formula is C16H23BrN2OS. The monoisotopic (exact) mass is 370 g/mol. The average Bonchev–Trinajstić information content (AvgIpc) is 2.98. The lowest BCUT2D eigenvalue weighted by Crippen LogP contribution is -2.50. The predicted molar refractivity (Wildman–Crippen MR) is 91.1 cm³/mol. The number of aryl methyl sites for hydroxylation is 1. The minimum Gasteiger partial charge on any atom is -0.335 e. The number of amides is 1. The second-order valence-electron chi connectivity index (χ2n) is 6.33. The van der Waals surface area contributed by atoms with E-state index in [-0.39, 0.29) is 5.91 Å². The summed E-state index contributed by atoms with van der Waals surface area (Å²) >= 11 is 5.10. The van der Waals surface area contributed by atoms with E-state index in [0.717, 1.165) is 40.0 Å². The van der Waals surface area contributed by atoms with Gasteiger partial charge in [-0.05, 0) is 66.6 Å². The number of halogens is 1. The molecule has 1 aromatic rings. The number of thiophene rings is 1. The summed E-state index contributed by atoms with van der Waals surface area (Å²) in [7, 11) is 0. The first-order chi connectivity index (χ1) is 10.1. The van der Waals surface area contributed by atoms with Crippen molar-refractivity contribution in [2.45, 2.75) is 64.1 Å². The zero-order valence-electron chi connectivity index (χ0n) is 12.7. The van der Waals surface area contributed by atoms with Gasteiger partial charge in [0.15, 0.2) is 0 Å². The number of nitrogens with one attached hydrogen (secondary N) is 1. The van der Waals surface area contributed by atoms with E-state index in [9.17, 15) is 4.79 Å². The Labute approximate surface area is 139 Å². The molecule has 0 radical (unpaired) electrons. The number of carbonyl (C=O) groups is 1. The lowest BCUT2D eigenvalue weighted by atomic mass is 9.97. The van der Waals surface area contributed by atoms with Crippen molar-refractivity contribution in [1.82, 2.24) is 10.2 Å². The van der Waals surface area contributed by atoms with Gasteiger partial charge < -0.3 is 10.2 Å². The van der Waals surface area contributed by atoms with Gasteiger partial charge in [-0.1, -0.05) is 6.92 Å². The highest BCUT2D eigenvalue weighted by molar-refractivity contribution is 9.11. The molecule has 1 aromatic heterocycles. The molecule has 3 nitrogen and oxygen atoms in total. The molecule has 2 atom stereocenters.